The molecule has 37 heavy (non-hydrogen) atoms. The molecule has 0 radical (unpaired) electrons. The lowest BCUT2D eigenvalue weighted by atomic mass is 9.94. The number of aromatic nitrogens is 2. The molecule has 1 amide bonds. The minimum Gasteiger partial charge on any atom is -0.507 e. The van der Waals surface area contributed by atoms with Crippen molar-refractivity contribution in [3.05, 3.63) is 96.1 Å². The van der Waals surface area contributed by atoms with Crippen LogP contribution in [0.1, 0.15) is 36.1 Å². The molecule has 192 valence electrons. The van der Waals surface area contributed by atoms with Crippen molar-refractivity contribution in [1.29, 1.82) is 0 Å². The molecular formula is C29H31N3O5. The number of Topliss-reactive ketones (excluding diaryl/α,β-unsaturated/α-hetero) is 1. The van der Waals surface area contributed by atoms with E-state index in [1.54, 1.807) is 48.9 Å². The van der Waals surface area contributed by atoms with E-state index in [4.69, 9.17) is 9.47 Å². The molecule has 0 bridgehead atoms. The number of ketones is 1. The number of aliphatic hydroxyl groups is 1. The van der Waals surface area contributed by atoms with Crippen LogP contribution in [0.5, 0.6) is 11.5 Å². The third-order valence-electron chi connectivity index (χ3n) is 6.18. The normalized spacial score (nSPS) is 16.7. The first kappa shape index (κ1) is 25.8. The van der Waals surface area contributed by atoms with Gasteiger partial charge in [0.2, 0.25) is 0 Å². The number of carbonyl (C=O) groups excluding carboxylic acids is 2. The number of likely N-dealkylation sites (tertiary alicyclic amines) is 1. The largest absolute Gasteiger partial charge is 0.507 e. The fraction of sp³-hybridized carbons (Fsp3) is 0.276. The van der Waals surface area contributed by atoms with Crippen LogP contribution in [0, 0.1) is 6.92 Å². The molecule has 1 aliphatic heterocycles. The van der Waals surface area contributed by atoms with Crippen LogP contribution in [0.15, 0.2) is 79.4 Å². The summed E-state index contributed by atoms with van der Waals surface area (Å²) in [5.74, 6) is -0.544. The number of imidazole rings is 1. The number of nitrogens with zero attached hydrogens (tertiary/aromatic N) is 3. The van der Waals surface area contributed by atoms with Crippen molar-refractivity contribution >= 4 is 17.4 Å². The van der Waals surface area contributed by atoms with Crippen molar-refractivity contribution < 1.29 is 24.2 Å². The first-order valence-corrected chi connectivity index (χ1v) is 12.3. The van der Waals surface area contributed by atoms with Gasteiger partial charge >= 0.3 is 0 Å². The maximum atomic E-state index is 13.3. The molecule has 0 aliphatic carbocycles. The van der Waals surface area contributed by atoms with Gasteiger partial charge in [-0.15, -0.1) is 0 Å². The first-order valence-electron chi connectivity index (χ1n) is 12.3. The second kappa shape index (κ2) is 11.6. The Balaban J connectivity index is 1.77. The summed E-state index contributed by atoms with van der Waals surface area (Å²) < 4.78 is 13.4. The first-order chi connectivity index (χ1) is 17.9. The maximum absolute atomic E-state index is 13.3. The van der Waals surface area contributed by atoms with Crippen LogP contribution < -0.4 is 9.47 Å². The lowest BCUT2D eigenvalue weighted by Gasteiger charge is -2.26. The number of rotatable bonds is 11. The van der Waals surface area contributed by atoms with E-state index in [2.05, 4.69) is 11.6 Å². The molecular weight excluding hydrogens is 470 g/mol. The maximum Gasteiger partial charge on any atom is 0.295 e. The molecule has 1 aromatic heterocycles. The van der Waals surface area contributed by atoms with Crippen LogP contribution >= 0.6 is 0 Å². The number of carbonyl (C=O) groups is 2. The van der Waals surface area contributed by atoms with E-state index in [0.717, 1.165) is 5.56 Å². The Morgan fingerprint density at radius 1 is 1.11 bits per heavy atom. The van der Waals surface area contributed by atoms with Gasteiger partial charge in [-0.3, -0.25) is 9.59 Å². The van der Waals surface area contributed by atoms with Crippen molar-refractivity contribution in [2.24, 2.45) is 0 Å². The highest BCUT2D eigenvalue weighted by Gasteiger charge is 2.46. The van der Waals surface area contributed by atoms with E-state index in [9.17, 15) is 14.7 Å². The smallest absolute Gasteiger partial charge is 0.295 e. The molecule has 0 saturated carbocycles. The van der Waals surface area contributed by atoms with Crippen molar-refractivity contribution in [2.45, 2.75) is 32.9 Å². The molecule has 1 unspecified atom stereocenters. The predicted octanol–water partition coefficient (Wildman–Crippen LogP) is 4.67. The number of hydrogen-bond donors (Lipinski definition) is 1. The van der Waals surface area contributed by atoms with Gasteiger partial charge in [-0.2, -0.15) is 0 Å². The van der Waals surface area contributed by atoms with E-state index >= 15 is 0 Å². The SMILES string of the molecule is C=CCOc1ccc(C2C(=C(O)c3ccc(C)cc3)C(=O)C(=O)N2CCCn2ccnc2)cc1OCC. The van der Waals surface area contributed by atoms with Crippen molar-refractivity contribution in [2.75, 3.05) is 19.8 Å². The summed E-state index contributed by atoms with van der Waals surface area (Å²) in [6.45, 7) is 9.14. The second-order valence-corrected chi connectivity index (χ2v) is 8.75. The molecule has 1 saturated heterocycles. The lowest BCUT2D eigenvalue weighted by molar-refractivity contribution is -0.139. The third-order valence-corrected chi connectivity index (χ3v) is 6.18. The van der Waals surface area contributed by atoms with E-state index in [0.29, 0.717) is 55.4 Å². The Bertz CT molecular complexity index is 1300. The van der Waals surface area contributed by atoms with Crippen molar-refractivity contribution in [3.63, 3.8) is 0 Å². The zero-order valence-corrected chi connectivity index (χ0v) is 21.1. The molecule has 2 aromatic carbocycles. The van der Waals surface area contributed by atoms with Crippen LogP contribution in [-0.4, -0.2) is 51.0 Å². The zero-order valence-electron chi connectivity index (χ0n) is 21.1. The van der Waals surface area contributed by atoms with Gasteiger partial charge in [0.15, 0.2) is 11.5 Å². The Morgan fingerprint density at radius 3 is 2.57 bits per heavy atom. The third kappa shape index (κ3) is 5.58. The lowest BCUT2D eigenvalue weighted by Crippen LogP contribution is -2.31. The van der Waals surface area contributed by atoms with Gasteiger partial charge in [0.25, 0.3) is 11.7 Å². The second-order valence-electron chi connectivity index (χ2n) is 8.75. The molecule has 3 aromatic rings. The highest BCUT2D eigenvalue weighted by molar-refractivity contribution is 6.46. The van der Waals surface area contributed by atoms with E-state index in [1.165, 1.54) is 4.90 Å². The fourth-order valence-corrected chi connectivity index (χ4v) is 4.40. The zero-order chi connectivity index (χ0) is 26.4. The number of benzene rings is 2. The summed E-state index contributed by atoms with van der Waals surface area (Å²) in [7, 11) is 0. The number of aliphatic hydroxyl groups excluding tert-OH is 1. The van der Waals surface area contributed by atoms with Gasteiger partial charge in [0, 0.05) is 31.0 Å². The summed E-state index contributed by atoms with van der Waals surface area (Å²) in [6.07, 6.45) is 7.49. The average molecular weight is 502 g/mol. The Labute approximate surface area is 216 Å². The molecule has 1 N–H and O–H groups in total. The summed E-state index contributed by atoms with van der Waals surface area (Å²) in [5.41, 5.74) is 2.19. The molecule has 1 fully saturated rings. The topological polar surface area (TPSA) is 93.9 Å². The number of ether oxygens (including phenoxy) is 2. The summed E-state index contributed by atoms with van der Waals surface area (Å²) in [5, 5.41) is 11.3. The summed E-state index contributed by atoms with van der Waals surface area (Å²) in [4.78, 5) is 32.1. The Morgan fingerprint density at radius 2 is 1.89 bits per heavy atom. The van der Waals surface area contributed by atoms with Crippen LogP contribution in [0.2, 0.25) is 0 Å². The minimum absolute atomic E-state index is 0.0543. The van der Waals surface area contributed by atoms with Crippen LogP contribution in [-0.2, 0) is 16.1 Å². The quantitative estimate of drug-likeness (QED) is 0.178. The number of hydrogen-bond acceptors (Lipinski definition) is 6. The number of amides is 1. The van der Waals surface area contributed by atoms with Gasteiger partial charge in [0.05, 0.1) is 24.5 Å². The Hall–Kier alpha value is -4.33. The highest BCUT2D eigenvalue weighted by atomic mass is 16.5. The van der Waals surface area contributed by atoms with E-state index in [-0.39, 0.29) is 11.3 Å². The predicted molar refractivity (Wildman–Crippen MR) is 140 cm³/mol. The summed E-state index contributed by atoms with van der Waals surface area (Å²) >= 11 is 0. The van der Waals surface area contributed by atoms with E-state index < -0.39 is 17.7 Å². The molecule has 1 aliphatic rings. The molecule has 4 rings (SSSR count). The molecule has 8 heteroatoms. The van der Waals surface area contributed by atoms with Crippen molar-refractivity contribution in [1.82, 2.24) is 14.5 Å². The van der Waals surface area contributed by atoms with Gasteiger partial charge in [-0.1, -0.05) is 48.6 Å². The number of aryl methyl sites for hydroxylation is 2. The van der Waals surface area contributed by atoms with Crippen LogP contribution in [0.25, 0.3) is 5.76 Å². The van der Waals surface area contributed by atoms with E-state index in [1.807, 2.05) is 36.7 Å². The summed E-state index contributed by atoms with van der Waals surface area (Å²) in [6, 6.07) is 11.7. The van der Waals surface area contributed by atoms with Crippen LogP contribution in [0.3, 0.4) is 0 Å². The minimum atomic E-state index is -0.781. The highest BCUT2D eigenvalue weighted by Crippen LogP contribution is 2.42. The molecule has 2 heterocycles. The monoisotopic (exact) mass is 501 g/mol. The van der Waals surface area contributed by atoms with Gasteiger partial charge in [-0.05, 0) is 38.0 Å². The Kier molecular flexibility index (Phi) is 8.08. The average Bonchev–Trinajstić information content (AvgIpc) is 3.50. The molecule has 1 atom stereocenters. The van der Waals surface area contributed by atoms with Gasteiger partial charge < -0.3 is 24.0 Å². The van der Waals surface area contributed by atoms with Crippen molar-refractivity contribution in [3.8, 4) is 11.5 Å². The van der Waals surface area contributed by atoms with Gasteiger partial charge in [-0.25, -0.2) is 4.98 Å². The standard InChI is InChI=1S/C29H31N3O5/c1-4-17-37-23-12-11-22(18-24(23)36-5-2)26-25(27(33)21-9-7-20(3)8-10-21)28(34)29(35)32(26)15-6-14-31-16-13-30-19-31/h4,7-13,16,18-19,26,33H,1,5-6,14-15,17H2,2-3H3. The van der Waals surface area contributed by atoms with Crippen LogP contribution in [0.4, 0.5) is 0 Å². The molecule has 0 spiro atoms. The fourth-order valence-electron chi connectivity index (χ4n) is 4.40. The van der Waals surface area contributed by atoms with Gasteiger partial charge in [0.1, 0.15) is 12.4 Å². The molecule has 8 nitrogen and oxygen atoms in total.